The molecule has 0 saturated carbocycles. The third-order valence-corrected chi connectivity index (χ3v) is 5.02. The van der Waals surface area contributed by atoms with E-state index in [0.717, 1.165) is 31.7 Å². The molecule has 4 rings (SSSR count). The van der Waals surface area contributed by atoms with E-state index in [2.05, 4.69) is 33.0 Å². The van der Waals surface area contributed by atoms with Gasteiger partial charge < -0.3 is 4.90 Å². The van der Waals surface area contributed by atoms with Crippen LogP contribution in [0, 0.1) is 0 Å². The molecule has 3 heterocycles. The van der Waals surface area contributed by atoms with Crippen LogP contribution < -0.4 is 0 Å². The number of carbonyl (C=O) groups is 1. The summed E-state index contributed by atoms with van der Waals surface area (Å²) in [5, 5.41) is 0. The zero-order valence-corrected chi connectivity index (χ0v) is 13.1. The van der Waals surface area contributed by atoms with Crippen molar-refractivity contribution in [1.82, 2.24) is 14.8 Å². The molecule has 0 radical (unpaired) electrons. The number of benzene rings is 1. The Labute approximate surface area is 136 Å². The van der Waals surface area contributed by atoms with Gasteiger partial charge in [0.2, 0.25) is 5.91 Å². The van der Waals surface area contributed by atoms with Crippen molar-refractivity contribution in [1.29, 1.82) is 0 Å². The van der Waals surface area contributed by atoms with Crippen LogP contribution in [-0.2, 0) is 17.9 Å². The van der Waals surface area contributed by atoms with Gasteiger partial charge in [0.1, 0.15) is 0 Å². The van der Waals surface area contributed by atoms with Crippen molar-refractivity contribution >= 4 is 5.91 Å². The first-order chi connectivity index (χ1) is 11.3. The first-order valence-electron chi connectivity index (χ1n) is 8.28. The summed E-state index contributed by atoms with van der Waals surface area (Å²) >= 11 is 0. The lowest BCUT2D eigenvalue weighted by Gasteiger charge is -2.25. The van der Waals surface area contributed by atoms with Crippen LogP contribution in [0.15, 0.2) is 54.7 Å². The molecule has 1 amide bonds. The van der Waals surface area contributed by atoms with Gasteiger partial charge in [-0.2, -0.15) is 0 Å². The quantitative estimate of drug-likeness (QED) is 0.870. The number of carbonyl (C=O) groups excluding carboxylic acids is 1. The van der Waals surface area contributed by atoms with E-state index in [1.807, 2.05) is 36.5 Å². The van der Waals surface area contributed by atoms with Crippen LogP contribution in [-0.4, -0.2) is 39.3 Å². The van der Waals surface area contributed by atoms with Gasteiger partial charge in [-0.05, 0) is 24.1 Å². The summed E-state index contributed by atoms with van der Waals surface area (Å²) < 4.78 is 0. The molecule has 0 unspecified atom stereocenters. The Bertz CT molecular complexity index is 674. The van der Waals surface area contributed by atoms with Gasteiger partial charge in [0, 0.05) is 44.3 Å². The van der Waals surface area contributed by atoms with E-state index in [9.17, 15) is 4.79 Å². The lowest BCUT2D eigenvalue weighted by atomic mass is 10.1. The van der Waals surface area contributed by atoms with Crippen LogP contribution in [0.4, 0.5) is 0 Å². The summed E-state index contributed by atoms with van der Waals surface area (Å²) in [6.45, 7) is 2.62. The first-order valence-corrected chi connectivity index (χ1v) is 8.28. The van der Waals surface area contributed by atoms with Gasteiger partial charge >= 0.3 is 0 Å². The smallest absolute Gasteiger partial charge is 0.224 e. The second kappa shape index (κ2) is 6.13. The standard InChI is InChI=1S/C19H21N3O/c23-19-12-18-17(22(19)13-15-6-2-1-3-7-15)9-11-21(18)14-16-8-4-5-10-20-16/h1-8,10,17-18H,9,11-14H2/t17-,18-/m0/s1. The third kappa shape index (κ3) is 2.86. The maximum Gasteiger partial charge on any atom is 0.224 e. The van der Waals surface area contributed by atoms with Crippen LogP contribution in [0.1, 0.15) is 24.1 Å². The van der Waals surface area contributed by atoms with Crippen molar-refractivity contribution in [2.75, 3.05) is 6.54 Å². The van der Waals surface area contributed by atoms with Crippen molar-refractivity contribution < 1.29 is 4.79 Å². The molecule has 2 atom stereocenters. The fourth-order valence-electron chi connectivity index (χ4n) is 3.89. The Balaban J connectivity index is 1.47. The Kier molecular flexibility index (Phi) is 3.83. The molecule has 2 saturated heterocycles. The maximum absolute atomic E-state index is 12.5. The van der Waals surface area contributed by atoms with E-state index in [1.54, 1.807) is 0 Å². The second-order valence-electron chi connectivity index (χ2n) is 6.43. The van der Waals surface area contributed by atoms with Crippen LogP contribution in [0.25, 0.3) is 0 Å². The molecule has 4 heteroatoms. The molecule has 4 nitrogen and oxygen atoms in total. The fraction of sp³-hybridized carbons (Fsp3) is 0.368. The molecular formula is C19H21N3O. The molecular weight excluding hydrogens is 286 g/mol. The molecule has 0 bridgehead atoms. The first kappa shape index (κ1) is 14.4. The highest BCUT2D eigenvalue weighted by molar-refractivity contribution is 5.80. The number of hydrogen-bond acceptors (Lipinski definition) is 3. The van der Waals surface area contributed by atoms with E-state index in [1.165, 1.54) is 5.56 Å². The summed E-state index contributed by atoms with van der Waals surface area (Å²) in [4.78, 5) is 21.4. The second-order valence-corrected chi connectivity index (χ2v) is 6.43. The molecule has 0 aliphatic carbocycles. The van der Waals surface area contributed by atoms with Gasteiger partial charge in [-0.3, -0.25) is 14.7 Å². The van der Waals surface area contributed by atoms with E-state index in [0.29, 0.717) is 18.5 Å². The number of rotatable bonds is 4. The SMILES string of the molecule is O=C1C[C@H]2[C@H](CCN2Cc2ccccn2)N1Cc1ccccc1. The van der Waals surface area contributed by atoms with E-state index < -0.39 is 0 Å². The van der Waals surface area contributed by atoms with Gasteiger partial charge in [0.25, 0.3) is 0 Å². The molecule has 118 valence electrons. The van der Waals surface area contributed by atoms with Gasteiger partial charge in [-0.1, -0.05) is 36.4 Å². The number of aromatic nitrogens is 1. The zero-order valence-electron chi connectivity index (χ0n) is 13.1. The number of pyridine rings is 1. The molecule has 1 aromatic heterocycles. The minimum atomic E-state index is 0.287. The van der Waals surface area contributed by atoms with E-state index >= 15 is 0 Å². The number of fused-ring (bicyclic) bond motifs is 1. The summed E-state index contributed by atoms with van der Waals surface area (Å²) in [7, 11) is 0. The monoisotopic (exact) mass is 307 g/mol. The minimum Gasteiger partial charge on any atom is -0.334 e. The van der Waals surface area contributed by atoms with Crippen LogP contribution in [0.3, 0.4) is 0 Å². The number of likely N-dealkylation sites (tertiary alicyclic amines) is 2. The Morgan fingerprint density at radius 1 is 1.00 bits per heavy atom. The van der Waals surface area contributed by atoms with Gasteiger partial charge in [-0.15, -0.1) is 0 Å². The Hall–Kier alpha value is -2.20. The van der Waals surface area contributed by atoms with Crippen molar-refractivity contribution in [3.63, 3.8) is 0 Å². The van der Waals surface area contributed by atoms with Gasteiger partial charge in [0.05, 0.1) is 5.69 Å². The van der Waals surface area contributed by atoms with Crippen molar-refractivity contribution in [2.45, 2.75) is 38.0 Å². The number of hydrogen-bond donors (Lipinski definition) is 0. The highest BCUT2D eigenvalue weighted by Crippen LogP contribution is 2.34. The van der Waals surface area contributed by atoms with Crippen LogP contribution >= 0.6 is 0 Å². The molecule has 23 heavy (non-hydrogen) atoms. The van der Waals surface area contributed by atoms with Crippen molar-refractivity contribution in [3.05, 3.63) is 66.0 Å². The summed E-state index contributed by atoms with van der Waals surface area (Å²) in [6, 6.07) is 17.0. The number of amides is 1. The van der Waals surface area contributed by atoms with Gasteiger partial charge in [0.15, 0.2) is 0 Å². The third-order valence-electron chi connectivity index (χ3n) is 5.02. The topological polar surface area (TPSA) is 36.4 Å². The van der Waals surface area contributed by atoms with E-state index in [-0.39, 0.29) is 5.91 Å². The fourth-order valence-corrected chi connectivity index (χ4v) is 3.89. The van der Waals surface area contributed by atoms with E-state index in [4.69, 9.17) is 0 Å². The van der Waals surface area contributed by atoms with Crippen molar-refractivity contribution in [3.8, 4) is 0 Å². The number of nitrogens with zero attached hydrogens (tertiary/aromatic N) is 3. The maximum atomic E-state index is 12.5. The zero-order chi connectivity index (χ0) is 15.6. The predicted molar refractivity (Wildman–Crippen MR) is 88.4 cm³/mol. The Morgan fingerprint density at radius 2 is 1.83 bits per heavy atom. The molecule has 0 spiro atoms. The lowest BCUT2D eigenvalue weighted by Crippen LogP contribution is -2.36. The van der Waals surface area contributed by atoms with Crippen LogP contribution in [0.2, 0.25) is 0 Å². The highest BCUT2D eigenvalue weighted by atomic mass is 16.2. The predicted octanol–water partition coefficient (Wildman–Crippen LogP) is 2.46. The minimum absolute atomic E-state index is 0.287. The van der Waals surface area contributed by atoms with Crippen LogP contribution in [0.5, 0.6) is 0 Å². The molecule has 2 fully saturated rings. The Morgan fingerprint density at radius 3 is 2.61 bits per heavy atom. The molecule has 0 N–H and O–H groups in total. The average molecular weight is 307 g/mol. The highest BCUT2D eigenvalue weighted by Gasteiger charge is 2.46. The summed E-state index contributed by atoms with van der Waals surface area (Å²) in [5.74, 6) is 0.287. The van der Waals surface area contributed by atoms with Crippen molar-refractivity contribution in [2.24, 2.45) is 0 Å². The van der Waals surface area contributed by atoms with Gasteiger partial charge in [-0.25, -0.2) is 0 Å². The molecule has 2 aliphatic rings. The summed E-state index contributed by atoms with van der Waals surface area (Å²) in [5.41, 5.74) is 2.30. The molecule has 1 aromatic carbocycles. The summed E-state index contributed by atoms with van der Waals surface area (Å²) in [6.07, 6.45) is 3.55. The largest absolute Gasteiger partial charge is 0.334 e. The average Bonchev–Trinajstić information content (AvgIpc) is 3.10. The lowest BCUT2D eigenvalue weighted by molar-refractivity contribution is -0.129. The molecule has 2 aromatic rings. The molecule has 2 aliphatic heterocycles. The normalized spacial score (nSPS) is 24.2.